The third-order valence-electron chi connectivity index (χ3n) is 5.27. The van der Waals surface area contributed by atoms with E-state index < -0.39 is 0 Å². The van der Waals surface area contributed by atoms with Crippen LogP contribution in [0.3, 0.4) is 0 Å². The van der Waals surface area contributed by atoms with E-state index in [1.165, 1.54) is 32.1 Å². The van der Waals surface area contributed by atoms with Gasteiger partial charge in [0.2, 0.25) is 0 Å². The molecule has 4 rings (SSSR count). The van der Waals surface area contributed by atoms with Crippen LogP contribution in [0.4, 0.5) is 10.5 Å². The van der Waals surface area contributed by atoms with E-state index >= 15 is 0 Å². The molecule has 0 spiro atoms. The molecule has 0 unspecified atom stereocenters. The zero-order valence-corrected chi connectivity index (χ0v) is 14.8. The van der Waals surface area contributed by atoms with Crippen molar-refractivity contribution >= 4 is 11.7 Å². The first-order valence-electron chi connectivity index (χ1n) is 9.33. The van der Waals surface area contributed by atoms with Gasteiger partial charge in [-0.15, -0.1) is 0 Å². The summed E-state index contributed by atoms with van der Waals surface area (Å²) in [5.41, 5.74) is 2.95. The van der Waals surface area contributed by atoms with Gasteiger partial charge in [0.1, 0.15) is 0 Å². The zero-order chi connectivity index (χ0) is 17.2. The number of aryl methyl sites for hydroxylation is 1. The van der Waals surface area contributed by atoms with Crippen molar-refractivity contribution in [1.82, 2.24) is 14.7 Å². The van der Waals surface area contributed by atoms with Crippen LogP contribution in [0.15, 0.2) is 29.2 Å². The molecule has 2 heterocycles. The van der Waals surface area contributed by atoms with Gasteiger partial charge in [-0.05, 0) is 31.7 Å². The van der Waals surface area contributed by atoms with Crippen LogP contribution in [0.5, 0.6) is 0 Å². The number of furan rings is 1. The van der Waals surface area contributed by atoms with E-state index in [1.54, 1.807) is 12.5 Å². The molecular weight excluding hydrogens is 316 g/mol. The fourth-order valence-corrected chi connectivity index (χ4v) is 3.80. The molecule has 2 aliphatic carbocycles. The van der Waals surface area contributed by atoms with Gasteiger partial charge in [0.25, 0.3) is 0 Å². The lowest BCUT2D eigenvalue weighted by atomic mass is 9.86. The molecule has 0 bridgehead atoms. The number of carbonyl (C=O) groups is 1. The number of hydrogen-bond donors (Lipinski definition) is 1. The minimum atomic E-state index is -0.0336. The molecule has 1 N–H and O–H groups in total. The van der Waals surface area contributed by atoms with Crippen molar-refractivity contribution in [2.75, 3.05) is 5.32 Å². The smallest absolute Gasteiger partial charge is 0.322 e. The van der Waals surface area contributed by atoms with Crippen molar-refractivity contribution in [3.8, 4) is 0 Å². The van der Waals surface area contributed by atoms with Crippen LogP contribution in [0.2, 0.25) is 0 Å². The van der Waals surface area contributed by atoms with Gasteiger partial charge in [0, 0.05) is 30.8 Å². The Morgan fingerprint density at radius 3 is 2.80 bits per heavy atom. The van der Waals surface area contributed by atoms with Crippen LogP contribution in [0.25, 0.3) is 0 Å². The van der Waals surface area contributed by atoms with E-state index in [0.29, 0.717) is 18.5 Å². The first kappa shape index (κ1) is 16.2. The number of carbonyl (C=O) groups excluding carboxylic acids is 1. The Labute approximate surface area is 148 Å². The maximum atomic E-state index is 12.9. The Hall–Kier alpha value is -2.24. The molecule has 0 aliphatic heterocycles. The molecule has 134 valence electrons. The molecule has 0 aromatic carbocycles. The highest BCUT2D eigenvalue weighted by atomic mass is 16.3. The molecule has 2 fully saturated rings. The maximum absolute atomic E-state index is 12.9. The third kappa shape index (κ3) is 3.72. The lowest BCUT2D eigenvalue weighted by molar-refractivity contribution is 0.206. The van der Waals surface area contributed by atoms with Crippen LogP contribution in [0.1, 0.15) is 62.1 Å². The molecular formula is C19H26N4O2. The van der Waals surface area contributed by atoms with Crippen LogP contribution < -0.4 is 5.32 Å². The third-order valence-corrected chi connectivity index (χ3v) is 5.27. The van der Waals surface area contributed by atoms with E-state index in [1.807, 2.05) is 28.9 Å². The minimum Gasteiger partial charge on any atom is -0.472 e. The number of urea groups is 1. The van der Waals surface area contributed by atoms with Gasteiger partial charge in [-0.25, -0.2) is 4.79 Å². The van der Waals surface area contributed by atoms with Crippen LogP contribution >= 0.6 is 0 Å². The number of rotatable bonds is 5. The van der Waals surface area contributed by atoms with E-state index in [-0.39, 0.29) is 6.03 Å². The van der Waals surface area contributed by atoms with Crippen molar-refractivity contribution in [3.05, 3.63) is 36.0 Å². The van der Waals surface area contributed by atoms with E-state index in [2.05, 4.69) is 10.4 Å². The summed E-state index contributed by atoms with van der Waals surface area (Å²) in [4.78, 5) is 14.8. The largest absolute Gasteiger partial charge is 0.472 e. The quantitative estimate of drug-likeness (QED) is 0.883. The molecule has 2 aliphatic rings. The van der Waals surface area contributed by atoms with Gasteiger partial charge in [-0.1, -0.05) is 19.3 Å². The van der Waals surface area contributed by atoms with Crippen molar-refractivity contribution in [2.45, 2.75) is 63.5 Å². The number of nitrogens with zero attached hydrogens (tertiary/aromatic N) is 3. The number of hydrogen-bond acceptors (Lipinski definition) is 3. The lowest BCUT2D eigenvalue weighted by Gasteiger charge is -2.24. The zero-order valence-electron chi connectivity index (χ0n) is 14.8. The SMILES string of the molecule is Cn1cc(NC(=O)N(Cc2ccoc2)C2CC2)c(C2CCCCC2)n1. The molecule has 2 aromatic heterocycles. The van der Waals surface area contributed by atoms with Gasteiger partial charge in [-0.2, -0.15) is 5.10 Å². The Balaban J connectivity index is 1.49. The molecule has 0 atom stereocenters. The summed E-state index contributed by atoms with van der Waals surface area (Å²) in [7, 11) is 1.92. The van der Waals surface area contributed by atoms with Crippen LogP contribution in [0, 0.1) is 0 Å². The molecule has 6 nitrogen and oxygen atoms in total. The molecule has 2 saturated carbocycles. The average molecular weight is 342 g/mol. The minimum absolute atomic E-state index is 0.0336. The maximum Gasteiger partial charge on any atom is 0.322 e. The predicted molar refractivity (Wildman–Crippen MR) is 95.3 cm³/mol. The summed E-state index contributed by atoms with van der Waals surface area (Å²) in [6.07, 6.45) is 13.6. The summed E-state index contributed by atoms with van der Waals surface area (Å²) < 4.78 is 6.96. The van der Waals surface area contributed by atoms with Crippen LogP contribution in [-0.4, -0.2) is 26.8 Å². The fraction of sp³-hybridized carbons (Fsp3) is 0.579. The number of anilines is 1. The highest BCUT2D eigenvalue weighted by molar-refractivity contribution is 5.90. The predicted octanol–water partition coefficient (Wildman–Crippen LogP) is 4.26. The van der Waals surface area contributed by atoms with Crippen molar-refractivity contribution < 1.29 is 9.21 Å². The Morgan fingerprint density at radius 1 is 1.32 bits per heavy atom. The molecule has 0 radical (unpaired) electrons. The van der Waals surface area contributed by atoms with E-state index in [0.717, 1.165) is 29.8 Å². The first-order valence-corrected chi connectivity index (χ1v) is 9.33. The van der Waals surface area contributed by atoms with Gasteiger partial charge in [-0.3, -0.25) is 4.68 Å². The summed E-state index contributed by atoms with van der Waals surface area (Å²) in [6, 6.07) is 2.22. The Kier molecular flexibility index (Phi) is 4.51. The molecule has 6 heteroatoms. The van der Waals surface area contributed by atoms with Gasteiger partial charge < -0.3 is 14.6 Å². The fourth-order valence-electron chi connectivity index (χ4n) is 3.80. The molecule has 25 heavy (non-hydrogen) atoms. The number of nitrogens with one attached hydrogen (secondary N) is 1. The number of amides is 2. The Morgan fingerprint density at radius 2 is 2.12 bits per heavy atom. The monoisotopic (exact) mass is 342 g/mol. The average Bonchev–Trinajstić information content (AvgIpc) is 3.20. The Bertz CT molecular complexity index is 712. The highest BCUT2D eigenvalue weighted by Gasteiger charge is 2.33. The normalized spacial score (nSPS) is 18.3. The van der Waals surface area contributed by atoms with E-state index in [9.17, 15) is 4.79 Å². The summed E-state index contributed by atoms with van der Waals surface area (Å²) in [5, 5.41) is 7.79. The van der Waals surface area contributed by atoms with Crippen molar-refractivity contribution in [2.24, 2.45) is 7.05 Å². The van der Waals surface area contributed by atoms with Crippen molar-refractivity contribution in [1.29, 1.82) is 0 Å². The summed E-state index contributed by atoms with van der Waals surface area (Å²) >= 11 is 0. The standard InChI is InChI=1S/C19H26N4O2/c1-22-12-17(18(21-22)15-5-3-2-4-6-15)20-19(24)23(16-7-8-16)11-14-9-10-25-13-14/h9-10,12-13,15-16H,2-8,11H2,1H3,(H,20,24). The van der Waals surface area contributed by atoms with Gasteiger partial charge in [0.05, 0.1) is 30.5 Å². The van der Waals surface area contributed by atoms with Gasteiger partial charge in [0.15, 0.2) is 0 Å². The number of aromatic nitrogens is 2. The second-order valence-corrected chi connectivity index (χ2v) is 7.36. The highest BCUT2D eigenvalue weighted by Crippen LogP contribution is 2.36. The molecule has 2 amide bonds. The first-order chi connectivity index (χ1) is 12.2. The van der Waals surface area contributed by atoms with E-state index in [4.69, 9.17) is 4.42 Å². The topological polar surface area (TPSA) is 63.3 Å². The van der Waals surface area contributed by atoms with Crippen LogP contribution in [-0.2, 0) is 13.6 Å². The summed E-state index contributed by atoms with van der Waals surface area (Å²) in [6.45, 7) is 0.589. The second-order valence-electron chi connectivity index (χ2n) is 7.36. The molecule has 0 saturated heterocycles. The lowest BCUT2D eigenvalue weighted by Crippen LogP contribution is -2.36. The van der Waals surface area contributed by atoms with Crippen molar-refractivity contribution in [3.63, 3.8) is 0 Å². The summed E-state index contributed by atoms with van der Waals surface area (Å²) in [5.74, 6) is 0.466. The van der Waals surface area contributed by atoms with Gasteiger partial charge >= 0.3 is 6.03 Å². The second kappa shape index (κ2) is 6.94. The molecule has 2 aromatic rings.